The van der Waals surface area contributed by atoms with E-state index in [9.17, 15) is 14.7 Å². The Labute approximate surface area is 160 Å². The first kappa shape index (κ1) is 18.0. The second-order valence-corrected chi connectivity index (χ2v) is 7.78. The van der Waals surface area contributed by atoms with E-state index in [1.165, 1.54) is 5.56 Å². The summed E-state index contributed by atoms with van der Waals surface area (Å²) in [5, 5.41) is 9.57. The predicted octanol–water partition coefficient (Wildman–Crippen LogP) is 2.37. The van der Waals surface area contributed by atoms with Crippen molar-refractivity contribution < 1.29 is 14.7 Å². The van der Waals surface area contributed by atoms with Crippen molar-refractivity contribution in [3.05, 3.63) is 54.1 Å². The Kier molecular flexibility index (Phi) is 5.12. The van der Waals surface area contributed by atoms with Crippen molar-refractivity contribution in [1.82, 2.24) is 9.80 Å². The molecule has 2 fully saturated rings. The smallest absolute Gasteiger partial charge is 0.307 e. The molecule has 5 nitrogen and oxygen atoms in total. The molecule has 4 rings (SSSR count). The minimum absolute atomic E-state index is 0.0332. The van der Waals surface area contributed by atoms with Crippen LogP contribution in [0, 0.1) is 23.7 Å². The van der Waals surface area contributed by atoms with Gasteiger partial charge in [0.1, 0.15) is 0 Å². The van der Waals surface area contributed by atoms with Crippen molar-refractivity contribution >= 4 is 18.0 Å². The van der Waals surface area contributed by atoms with Crippen LogP contribution in [-0.4, -0.2) is 59.5 Å². The number of benzene rings is 1. The van der Waals surface area contributed by atoms with E-state index in [-0.39, 0.29) is 23.7 Å². The molecule has 4 atom stereocenters. The molecule has 0 unspecified atom stereocenters. The molecule has 142 valence electrons. The summed E-state index contributed by atoms with van der Waals surface area (Å²) >= 11 is 0. The Bertz CT molecular complexity index is 750. The van der Waals surface area contributed by atoms with Gasteiger partial charge in [0.15, 0.2) is 0 Å². The third-order valence-electron chi connectivity index (χ3n) is 6.19. The third kappa shape index (κ3) is 3.69. The Hall–Kier alpha value is -2.40. The summed E-state index contributed by atoms with van der Waals surface area (Å²) < 4.78 is 0. The Balaban J connectivity index is 1.30. The maximum absolute atomic E-state index is 13.0. The number of piperazine rings is 1. The van der Waals surface area contributed by atoms with E-state index in [2.05, 4.69) is 35.3 Å². The van der Waals surface area contributed by atoms with Gasteiger partial charge in [0.25, 0.3) is 0 Å². The van der Waals surface area contributed by atoms with Crippen LogP contribution in [0.1, 0.15) is 12.0 Å². The molecule has 2 bridgehead atoms. The van der Waals surface area contributed by atoms with Crippen LogP contribution in [0.2, 0.25) is 0 Å². The average molecular weight is 366 g/mol. The summed E-state index contributed by atoms with van der Waals surface area (Å²) in [6.07, 6.45) is 9.14. The van der Waals surface area contributed by atoms with Crippen molar-refractivity contribution in [1.29, 1.82) is 0 Å². The molecule has 5 heteroatoms. The van der Waals surface area contributed by atoms with Crippen LogP contribution in [0.25, 0.3) is 6.08 Å². The van der Waals surface area contributed by atoms with Gasteiger partial charge in [0.2, 0.25) is 5.91 Å². The van der Waals surface area contributed by atoms with Crippen LogP contribution in [0.15, 0.2) is 48.6 Å². The molecule has 27 heavy (non-hydrogen) atoms. The standard InChI is InChI=1S/C22H26N2O3/c25-21(19-17-8-9-18(15-17)20(19)22(26)27)24-13-11-23(12-14-24)10-4-7-16-5-2-1-3-6-16/h1-9,17-20H,10-15H2,(H,26,27)/b7-4+/t17-,18-,19-,20-/m0/s1. The van der Waals surface area contributed by atoms with Crippen molar-refractivity contribution in [2.24, 2.45) is 23.7 Å². The monoisotopic (exact) mass is 366 g/mol. The van der Waals surface area contributed by atoms with Crippen molar-refractivity contribution in [3.63, 3.8) is 0 Å². The fraction of sp³-hybridized carbons (Fsp3) is 0.455. The molecule has 1 heterocycles. The lowest BCUT2D eigenvalue weighted by molar-refractivity contribution is -0.151. The number of amides is 1. The SMILES string of the molecule is O=C(O)[C@@H]1[C@@H](C(=O)N2CCN(C/C=C/c3ccccc3)CC2)[C@H]2C=C[C@H]1C2. The fourth-order valence-electron chi connectivity index (χ4n) is 4.76. The molecular formula is C22H26N2O3. The minimum Gasteiger partial charge on any atom is -0.481 e. The average Bonchev–Trinajstić information content (AvgIpc) is 3.30. The van der Waals surface area contributed by atoms with E-state index in [1.807, 2.05) is 29.2 Å². The molecule has 0 aromatic heterocycles. The molecule has 3 aliphatic rings. The van der Waals surface area contributed by atoms with Gasteiger partial charge in [0.05, 0.1) is 11.8 Å². The Morgan fingerprint density at radius 2 is 1.67 bits per heavy atom. The quantitative estimate of drug-likeness (QED) is 0.813. The number of fused-ring (bicyclic) bond motifs is 2. The van der Waals surface area contributed by atoms with Crippen molar-refractivity contribution in [2.75, 3.05) is 32.7 Å². The lowest BCUT2D eigenvalue weighted by Crippen LogP contribution is -2.52. The van der Waals surface area contributed by atoms with Gasteiger partial charge >= 0.3 is 5.97 Å². The number of hydrogen-bond donors (Lipinski definition) is 1. The molecule has 2 aliphatic carbocycles. The largest absolute Gasteiger partial charge is 0.481 e. The number of nitrogens with zero attached hydrogens (tertiary/aromatic N) is 2. The predicted molar refractivity (Wildman–Crippen MR) is 104 cm³/mol. The molecule has 1 aromatic carbocycles. The van der Waals surface area contributed by atoms with Gasteiger partial charge < -0.3 is 10.0 Å². The third-order valence-corrected chi connectivity index (χ3v) is 6.19. The summed E-state index contributed by atoms with van der Waals surface area (Å²) in [4.78, 5) is 28.9. The number of carboxylic acids is 1. The molecule has 0 radical (unpaired) electrons. The summed E-state index contributed by atoms with van der Waals surface area (Å²) in [6.45, 7) is 3.90. The van der Waals surface area contributed by atoms with E-state index in [0.29, 0.717) is 13.1 Å². The molecule has 1 aliphatic heterocycles. The summed E-state index contributed by atoms with van der Waals surface area (Å²) in [5.41, 5.74) is 1.19. The molecule has 1 N–H and O–H groups in total. The van der Waals surface area contributed by atoms with E-state index in [4.69, 9.17) is 0 Å². The first-order valence-corrected chi connectivity index (χ1v) is 9.77. The summed E-state index contributed by atoms with van der Waals surface area (Å²) in [6, 6.07) is 10.2. The molecule has 1 aromatic rings. The van der Waals surface area contributed by atoms with Crippen molar-refractivity contribution in [2.45, 2.75) is 6.42 Å². The highest BCUT2D eigenvalue weighted by Gasteiger charge is 2.52. The summed E-state index contributed by atoms with van der Waals surface area (Å²) in [7, 11) is 0. The maximum Gasteiger partial charge on any atom is 0.307 e. The van der Waals surface area contributed by atoms with Crippen LogP contribution < -0.4 is 0 Å². The minimum atomic E-state index is -0.824. The number of allylic oxidation sites excluding steroid dienone is 2. The van der Waals surface area contributed by atoms with Crippen LogP contribution in [0.3, 0.4) is 0 Å². The lowest BCUT2D eigenvalue weighted by Gasteiger charge is -2.37. The van der Waals surface area contributed by atoms with Gasteiger partial charge in [-0.15, -0.1) is 0 Å². The second-order valence-electron chi connectivity index (χ2n) is 7.78. The normalized spacial score (nSPS) is 30.3. The molecule has 0 spiro atoms. The van der Waals surface area contributed by atoms with E-state index >= 15 is 0 Å². The fourth-order valence-corrected chi connectivity index (χ4v) is 4.76. The van der Waals surface area contributed by atoms with E-state index in [0.717, 1.165) is 26.1 Å². The van der Waals surface area contributed by atoms with Crippen LogP contribution in [0.5, 0.6) is 0 Å². The Morgan fingerprint density at radius 1 is 1.00 bits per heavy atom. The lowest BCUT2D eigenvalue weighted by atomic mass is 9.82. The zero-order valence-electron chi connectivity index (χ0n) is 15.4. The molecule has 1 saturated carbocycles. The van der Waals surface area contributed by atoms with E-state index < -0.39 is 11.9 Å². The number of rotatable bonds is 5. The second kappa shape index (κ2) is 7.69. The number of carbonyl (C=O) groups is 2. The number of hydrogen-bond acceptors (Lipinski definition) is 3. The van der Waals surface area contributed by atoms with Crippen LogP contribution >= 0.6 is 0 Å². The summed E-state index contributed by atoms with van der Waals surface area (Å²) in [5.74, 6) is -1.56. The van der Waals surface area contributed by atoms with E-state index in [1.54, 1.807) is 0 Å². The molecular weight excluding hydrogens is 340 g/mol. The maximum atomic E-state index is 13.0. The highest BCUT2D eigenvalue weighted by atomic mass is 16.4. The van der Waals surface area contributed by atoms with Gasteiger partial charge in [-0.1, -0.05) is 54.6 Å². The molecule has 1 amide bonds. The highest BCUT2D eigenvalue weighted by Crippen LogP contribution is 2.48. The number of carboxylic acid groups (broad SMARTS) is 1. The van der Waals surface area contributed by atoms with Gasteiger partial charge in [0, 0.05) is 32.7 Å². The van der Waals surface area contributed by atoms with Crippen molar-refractivity contribution in [3.8, 4) is 0 Å². The van der Waals surface area contributed by atoms with Gasteiger partial charge in [-0.2, -0.15) is 0 Å². The number of aliphatic carboxylic acids is 1. The number of carbonyl (C=O) groups excluding carboxylic acids is 1. The first-order valence-electron chi connectivity index (χ1n) is 9.77. The zero-order chi connectivity index (χ0) is 18.8. The zero-order valence-corrected chi connectivity index (χ0v) is 15.4. The first-order chi connectivity index (χ1) is 13.1. The van der Waals surface area contributed by atoms with Crippen LogP contribution in [0.4, 0.5) is 0 Å². The van der Waals surface area contributed by atoms with Crippen LogP contribution in [-0.2, 0) is 9.59 Å². The topological polar surface area (TPSA) is 60.9 Å². The Morgan fingerprint density at radius 3 is 2.33 bits per heavy atom. The van der Waals surface area contributed by atoms with Gasteiger partial charge in [-0.05, 0) is 23.8 Å². The molecule has 1 saturated heterocycles. The van der Waals surface area contributed by atoms with Gasteiger partial charge in [-0.25, -0.2) is 0 Å². The van der Waals surface area contributed by atoms with Gasteiger partial charge in [-0.3, -0.25) is 14.5 Å². The highest BCUT2D eigenvalue weighted by molar-refractivity contribution is 5.87.